The molecule has 16 nitrogen and oxygen atoms in total. The molecule has 6 aromatic heterocycles. The second-order valence-electron chi connectivity index (χ2n) is 15.4. The lowest BCUT2D eigenvalue weighted by atomic mass is 10.1. The van der Waals surface area contributed by atoms with E-state index in [0.29, 0.717) is 36.7 Å². The number of nitrogen functional groups attached to an aromatic ring is 2. The van der Waals surface area contributed by atoms with Crippen molar-refractivity contribution in [3.05, 3.63) is 47.8 Å². The molecular weight excluding hydrogens is 660 g/mol. The Hall–Kier alpha value is -5.22. The minimum atomic E-state index is -0.446. The van der Waals surface area contributed by atoms with E-state index < -0.39 is 11.2 Å². The van der Waals surface area contributed by atoms with Crippen LogP contribution in [0.15, 0.2) is 24.8 Å². The van der Waals surface area contributed by atoms with E-state index in [-0.39, 0.29) is 24.0 Å². The summed E-state index contributed by atoms with van der Waals surface area (Å²) in [5.74, 6) is 4.45. The van der Waals surface area contributed by atoms with Crippen molar-refractivity contribution >= 4 is 34.2 Å². The highest BCUT2D eigenvalue weighted by Gasteiger charge is 2.40. The van der Waals surface area contributed by atoms with Crippen molar-refractivity contribution in [3.63, 3.8) is 0 Å². The van der Waals surface area contributed by atoms with Crippen molar-refractivity contribution in [1.29, 1.82) is 0 Å². The number of imidazole rings is 2. The van der Waals surface area contributed by atoms with Gasteiger partial charge in [-0.3, -0.25) is 0 Å². The van der Waals surface area contributed by atoms with Gasteiger partial charge < -0.3 is 30.1 Å². The molecule has 6 aromatic rings. The van der Waals surface area contributed by atoms with E-state index in [1.807, 2.05) is 0 Å². The average Bonchev–Trinajstić information content (AvgIpc) is 4.06. The zero-order valence-corrected chi connectivity index (χ0v) is 30.2. The van der Waals surface area contributed by atoms with Crippen LogP contribution in [0.1, 0.15) is 114 Å². The highest BCUT2D eigenvalue weighted by atomic mass is 16.5. The van der Waals surface area contributed by atoms with E-state index in [0.717, 1.165) is 82.2 Å². The molecule has 8 heterocycles. The standard InChI is InChI=1S/2C18H21N7O/c2*1-9-8-26-18(2,3)16-23-13-12(10-4-5-10)22-14(24-15(13)25(9)16)11-6-20-17(19)21-7-11/h2*6-7,9-10H,4-5,8H2,1-3H3,(H2,19,20,21)/t2*9-/m10/s1. The van der Waals surface area contributed by atoms with Crippen LogP contribution in [-0.4, -0.2) is 72.2 Å². The normalized spacial score (nSPS) is 21.7. The van der Waals surface area contributed by atoms with Gasteiger partial charge in [-0.05, 0) is 67.2 Å². The predicted molar refractivity (Wildman–Crippen MR) is 193 cm³/mol. The molecule has 2 atom stereocenters. The van der Waals surface area contributed by atoms with E-state index >= 15 is 0 Å². The van der Waals surface area contributed by atoms with Crippen LogP contribution < -0.4 is 11.5 Å². The van der Waals surface area contributed by atoms with Crippen molar-refractivity contribution in [2.45, 2.75) is 102 Å². The highest BCUT2D eigenvalue weighted by Crippen LogP contribution is 2.46. The van der Waals surface area contributed by atoms with Gasteiger partial charge in [-0.25, -0.2) is 49.8 Å². The van der Waals surface area contributed by atoms with Gasteiger partial charge in [-0.15, -0.1) is 0 Å². The van der Waals surface area contributed by atoms with Gasteiger partial charge >= 0.3 is 0 Å². The van der Waals surface area contributed by atoms with E-state index in [1.54, 1.807) is 24.8 Å². The highest BCUT2D eigenvalue weighted by molar-refractivity contribution is 5.79. The molecule has 0 bridgehead atoms. The topological polar surface area (TPSA) is 209 Å². The van der Waals surface area contributed by atoms with E-state index in [9.17, 15) is 0 Å². The molecule has 0 unspecified atom stereocenters. The summed E-state index contributed by atoms with van der Waals surface area (Å²) in [6, 6.07) is 0.334. The lowest BCUT2D eigenvalue weighted by molar-refractivity contribution is -0.0656. The van der Waals surface area contributed by atoms with E-state index in [1.165, 1.54) is 0 Å². The molecule has 0 radical (unpaired) electrons. The molecule has 52 heavy (non-hydrogen) atoms. The zero-order chi connectivity index (χ0) is 36.1. The molecule has 16 heteroatoms. The minimum Gasteiger partial charge on any atom is -0.368 e. The number of nitrogens with two attached hydrogens (primary N) is 2. The summed E-state index contributed by atoms with van der Waals surface area (Å²) < 4.78 is 16.4. The predicted octanol–water partition coefficient (Wildman–Crippen LogP) is 5.14. The van der Waals surface area contributed by atoms with Crippen LogP contribution in [0.25, 0.3) is 45.1 Å². The summed E-state index contributed by atoms with van der Waals surface area (Å²) in [4.78, 5) is 45.5. The Bertz CT molecular complexity index is 2170. The van der Waals surface area contributed by atoms with Gasteiger partial charge in [0.1, 0.15) is 33.9 Å². The fourth-order valence-corrected chi connectivity index (χ4v) is 7.06. The van der Waals surface area contributed by atoms with Crippen molar-refractivity contribution in [3.8, 4) is 22.8 Å². The summed E-state index contributed by atoms with van der Waals surface area (Å²) >= 11 is 0. The van der Waals surface area contributed by atoms with Crippen molar-refractivity contribution in [2.75, 3.05) is 24.7 Å². The van der Waals surface area contributed by atoms with Gasteiger partial charge in [0, 0.05) is 36.6 Å². The van der Waals surface area contributed by atoms with Gasteiger partial charge in [-0.2, -0.15) is 0 Å². The Kier molecular flexibility index (Phi) is 7.32. The van der Waals surface area contributed by atoms with Crippen molar-refractivity contribution in [2.24, 2.45) is 0 Å². The lowest BCUT2D eigenvalue weighted by Crippen LogP contribution is -2.35. The average molecular weight is 703 g/mol. The van der Waals surface area contributed by atoms with Gasteiger partial charge in [0.05, 0.1) is 47.8 Å². The molecule has 2 fully saturated rings. The molecule has 0 saturated heterocycles. The van der Waals surface area contributed by atoms with Crippen molar-refractivity contribution in [1.82, 2.24) is 59.0 Å². The third-order valence-electron chi connectivity index (χ3n) is 10.3. The lowest BCUT2D eigenvalue weighted by Gasteiger charge is -2.34. The molecule has 4 aliphatic rings. The SMILES string of the molecule is C[C@@H]1COC(C)(C)c2nc3c(C4CC4)nc(-c4cnc(N)nc4)nc3n21.C[C@H]1COC(C)(C)c2nc3c(C4CC4)nc(-c4cnc(N)nc4)nc3n21. The maximum atomic E-state index is 6.01. The van der Waals surface area contributed by atoms with Gasteiger partial charge in [0.2, 0.25) is 11.9 Å². The maximum Gasteiger partial charge on any atom is 0.219 e. The largest absolute Gasteiger partial charge is 0.368 e. The second kappa shape index (κ2) is 11.6. The third kappa shape index (κ3) is 5.51. The third-order valence-corrected chi connectivity index (χ3v) is 10.3. The fraction of sp³-hybridized carbons (Fsp3) is 0.500. The van der Waals surface area contributed by atoms with E-state index in [4.69, 9.17) is 50.8 Å². The Morgan fingerprint density at radius 3 is 1.29 bits per heavy atom. The molecule has 2 aliphatic heterocycles. The van der Waals surface area contributed by atoms with Crippen LogP contribution >= 0.6 is 0 Å². The molecular formula is C36H42N14O2. The first-order valence-corrected chi connectivity index (χ1v) is 17.9. The smallest absolute Gasteiger partial charge is 0.219 e. The van der Waals surface area contributed by atoms with Crippen LogP contribution in [0.4, 0.5) is 11.9 Å². The number of anilines is 2. The van der Waals surface area contributed by atoms with Crippen LogP contribution in [0.5, 0.6) is 0 Å². The second-order valence-corrected chi connectivity index (χ2v) is 15.4. The molecule has 4 N–H and O–H groups in total. The quantitative estimate of drug-likeness (QED) is 0.244. The molecule has 268 valence electrons. The van der Waals surface area contributed by atoms with Crippen LogP contribution in [0.2, 0.25) is 0 Å². The zero-order valence-electron chi connectivity index (χ0n) is 30.2. The summed E-state index contributed by atoms with van der Waals surface area (Å²) in [5.41, 5.74) is 17.4. The van der Waals surface area contributed by atoms with E-state index in [2.05, 4.69) is 70.6 Å². The maximum absolute atomic E-state index is 6.01. The summed E-state index contributed by atoms with van der Waals surface area (Å²) in [7, 11) is 0. The Morgan fingerprint density at radius 2 is 0.942 bits per heavy atom. The van der Waals surface area contributed by atoms with Crippen molar-refractivity contribution < 1.29 is 9.47 Å². The van der Waals surface area contributed by atoms with Gasteiger partial charge in [0.25, 0.3) is 0 Å². The number of ether oxygens (including phenoxy) is 2. The molecule has 2 aliphatic carbocycles. The summed E-state index contributed by atoms with van der Waals surface area (Å²) in [6.07, 6.45) is 11.2. The molecule has 0 spiro atoms. The molecule has 0 aromatic carbocycles. The van der Waals surface area contributed by atoms with Crippen LogP contribution in [0.3, 0.4) is 0 Å². The number of hydrogen-bond acceptors (Lipinski definition) is 14. The number of rotatable bonds is 4. The fourth-order valence-electron chi connectivity index (χ4n) is 7.06. The Labute approximate surface area is 299 Å². The monoisotopic (exact) mass is 702 g/mol. The Morgan fingerprint density at radius 1 is 0.577 bits per heavy atom. The van der Waals surface area contributed by atoms with Crippen LogP contribution in [-0.2, 0) is 20.7 Å². The molecule has 0 amide bonds. The van der Waals surface area contributed by atoms with Gasteiger partial charge in [0.15, 0.2) is 22.9 Å². The molecule has 2 saturated carbocycles. The summed E-state index contributed by atoms with van der Waals surface area (Å²) in [5, 5.41) is 0. The molecule has 10 rings (SSSR count). The number of aromatic nitrogens is 12. The Balaban J connectivity index is 0.000000138. The first-order chi connectivity index (χ1) is 24.9. The minimum absolute atomic E-state index is 0.167. The number of nitrogens with zero attached hydrogens (tertiary/aromatic N) is 12. The van der Waals surface area contributed by atoms with Crippen LogP contribution in [0, 0.1) is 0 Å². The first-order valence-electron chi connectivity index (χ1n) is 17.9. The summed E-state index contributed by atoms with van der Waals surface area (Å²) in [6.45, 7) is 13.7. The number of fused-ring (bicyclic) bond motifs is 6. The first kappa shape index (κ1) is 32.7. The number of hydrogen-bond donors (Lipinski definition) is 2. The van der Waals surface area contributed by atoms with Gasteiger partial charge in [-0.1, -0.05) is 0 Å².